The van der Waals surface area contributed by atoms with Crippen LogP contribution in [0.3, 0.4) is 0 Å². The van der Waals surface area contributed by atoms with E-state index in [9.17, 15) is 14.4 Å². The van der Waals surface area contributed by atoms with Crippen molar-refractivity contribution in [3.63, 3.8) is 0 Å². The Hall–Kier alpha value is -2.95. The van der Waals surface area contributed by atoms with Crippen LogP contribution in [0, 0.1) is 30.1 Å². The highest BCUT2D eigenvalue weighted by Gasteiger charge is 2.57. The van der Waals surface area contributed by atoms with Crippen molar-refractivity contribution in [3.8, 4) is 0 Å². The Morgan fingerprint density at radius 2 is 1.49 bits per heavy atom. The minimum absolute atomic E-state index is 0.0503. The zero-order valence-electron chi connectivity index (χ0n) is 22.3. The lowest BCUT2D eigenvalue weighted by Gasteiger charge is -2.57. The molecule has 194 valence electrons. The summed E-state index contributed by atoms with van der Waals surface area (Å²) >= 11 is 0. The van der Waals surface area contributed by atoms with Gasteiger partial charge in [-0.25, -0.2) is 4.90 Å². The van der Waals surface area contributed by atoms with Crippen LogP contribution >= 0.6 is 0 Å². The van der Waals surface area contributed by atoms with Gasteiger partial charge in [0.2, 0.25) is 11.8 Å². The summed E-state index contributed by atoms with van der Waals surface area (Å²) in [4.78, 5) is 44.7. The number of nitrogens with zero attached hydrogens (tertiary/aromatic N) is 2. The lowest BCUT2D eigenvalue weighted by Crippen LogP contribution is -2.57. The van der Waals surface area contributed by atoms with Gasteiger partial charge in [0.05, 0.1) is 17.5 Å². The number of carbonyl (C=O) groups is 3. The van der Waals surface area contributed by atoms with Gasteiger partial charge >= 0.3 is 0 Å². The molecule has 5 nitrogen and oxygen atoms in total. The molecule has 4 bridgehead atoms. The van der Waals surface area contributed by atoms with Crippen molar-refractivity contribution in [1.82, 2.24) is 4.90 Å². The van der Waals surface area contributed by atoms with Crippen molar-refractivity contribution in [2.45, 2.75) is 84.2 Å². The fraction of sp³-hybridized carbons (Fsp3) is 0.531. The summed E-state index contributed by atoms with van der Waals surface area (Å²) in [6.07, 6.45) is 6.64. The molecule has 7 rings (SSSR count). The zero-order chi connectivity index (χ0) is 25.9. The molecule has 0 N–H and O–H groups in total. The highest BCUT2D eigenvalue weighted by molar-refractivity contribution is 6.23. The molecule has 1 atom stereocenters. The Bertz CT molecular complexity index is 1180. The van der Waals surface area contributed by atoms with Crippen LogP contribution in [0.2, 0.25) is 0 Å². The first kappa shape index (κ1) is 24.4. The molecule has 1 aliphatic heterocycles. The lowest BCUT2D eigenvalue weighted by atomic mass is 9.49. The number of aryl methyl sites for hydroxylation is 1. The third kappa shape index (κ3) is 4.30. The zero-order valence-corrected chi connectivity index (χ0v) is 22.3. The van der Waals surface area contributed by atoms with Crippen molar-refractivity contribution < 1.29 is 14.4 Å². The summed E-state index contributed by atoms with van der Waals surface area (Å²) < 4.78 is 0. The third-order valence-corrected chi connectivity index (χ3v) is 9.54. The number of carbonyl (C=O) groups excluding carboxylic acids is 3. The van der Waals surface area contributed by atoms with Crippen molar-refractivity contribution >= 4 is 23.4 Å². The normalized spacial score (nSPS) is 30.4. The Labute approximate surface area is 220 Å². The van der Waals surface area contributed by atoms with E-state index in [1.807, 2.05) is 55.5 Å². The second-order valence-corrected chi connectivity index (χ2v) is 12.7. The molecular formula is C32H38N2O3. The van der Waals surface area contributed by atoms with Crippen molar-refractivity contribution in [2.24, 2.45) is 23.2 Å². The summed E-state index contributed by atoms with van der Waals surface area (Å²) in [7, 11) is 0. The molecule has 5 aliphatic rings. The highest BCUT2D eigenvalue weighted by Crippen LogP contribution is 2.60. The molecule has 0 radical (unpaired) electrons. The number of benzene rings is 2. The average molecular weight is 499 g/mol. The third-order valence-electron chi connectivity index (χ3n) is 9.54. The van der Waals surface area contributed by atoms with Gasteiger partial charge in [-0.3, -0.25) is 14.4 Å². The van der Waals surface area contributed by atoms with E-state index >= 15 is 0 Å². The van der Waals surface area contributed by atoms with Gasteiger partial charge in [0.25, 0.3) is 5.91 Å². The summed E-state index contributed by atoms with van der Waals surface area (Å²) in [6.45, 7) is 6.65. The molecule has 0 spiro atoms. The predicted molar refractivity (Wildman–Crippen MR) is 144 cm³/mol. The van der Waals surface area contributed by atoms with Gasteiger partial charge in [0.15, 0.2) is 0 Å². The minimum Gasteiger partial charge on any atom is -0.325 e. The molecule has 5 fully saturated rings. The predicted octanol–water partition coefficient (Wildman–Crippen LogP) is 6.00. The van der Waals surface area contributed by atoms with Gasteiger partial charge < -0.3 is 4.90 Å². The van der Waals surface area contributed by atoms with Crippen LogP contribution in [0.5, 0.6) is 0 Å². The SMILES string of the molecule is Cc1ccc(CN(C(=O)C23CC4CC(CC(C4)C2)C3)C2CC(=O)N(c3ccc(C(C)C)cc3)C2=O)cc1. The highest BCUT2D eigenvalue weighted by atomic mass is 16.2. The molecule has 37 heavy (non-hydrogen) atoms. The summed E-state index contributed by atoms with van der Waals surface area (Å²) in [5, 5.41) is 0. The van der Waals surface area contributed by atoms with E-state index in [2.05, 4.69) is 13.8 Å². The molecule has 5 heteroatoms. The maximum Gasteiger partial charge on any atom is 0.257 e. The molecule has 4 aliphatic carbocycles. The van der Waals surface area contributed by atoms with Crippen LogP contribution in [0.1, 0.15) is 81.4 Å². The Kier molecular flexibility index (Phi) is 6.00. The van der Waals surface area contributed by atoms with Crippen LogP contribution < -0.4 is 4.90 Å². The van der Waals surface area contributed by atoms with Crippen molar-refractivity contribution in [2.75, 3.05) is 4.90 Å². The Morgan fingerprint density at radius 3 is 2.03 bits per heavy atom. The van der Waals surface area contributed by atoms with Crippen LogP contribution in [0.4, 0.5) is 5.69 Å². The van der Waals surface area contributed by atoms with Gasteiger partial charge in [0.1, 0.15) is 6.04 Å². The lowest BCUT2D eigenvalue weighted by molar-refractivity contribution is -0.162. The minimum atomic E-state index is -0.751. The van der Waals surface area contributed by atoms with E-state index in [0.717, 1.165) is 36.0 Å². The molecule has 1 unspecified atom stereocenters. The number of anilines is 1. The second kappa shape index (κ2) is 9.11. The fourth-order valence-electron chi connectivity index (χ4n) is 8.03. The first-order chi connectivity index (χ1) is 17.7. The Morgan fingerprint density at radius 1 is 0.919 bits per heavy atom. The number of amides is 3. The molecular weight excluding hydrogens is 460 g/mol. The molecule has 1 heterocycles. The maximum atomic E-state index is 14.5. The first-order valence-electron chi connectivity index (χ1n) is 14.1. The number of hydrogen-bond donors (Lipinski definition) is 0. The number of hydrogen-bond acceptors (Lipinski definition) is 3. The van der Waals surface area contributed by atoms with Crippen LogP contribution in [0.15, 0.2) is 48.5 Å². The molecule has 0 aromatic heterocycles. The molecule has 1 saturated heterocycles. The van der Waals surface area contributed by atoms with E-state index < -0.39 is 6.04 Å². The van der Waals surface area contributed by atoms with E-state index in [1.165, 1.54) is 24.2 Å². The molecule has 2 aromatic carbocycles. The summed E-state index contributed by atoms with van der Waals surface area (Å²) in [5.41, 5.74) is 3.56. The molecule has 2 aromatic rings. The van der Waals surface area contributed by atoms with Gasteiger partial charge in [-0.1, -0.05) is 55.8 Å². The molecule has 3 amide bonds. The first-order valence-corrected chi connectivity index (χ1v) is 14.1. The second-order valence-electron chi connectivity index (χ2n) is 12.7. The van der Waals surface area contributed by atoms with E-state index in [4.69, 9.17) is 0 Å². The van der Waals surface area contributed by atoms with Crippen molar-refractivity contribution in [3.05, 3.63) is 65.2 Å². The van der Waals surface area contributed by atoms with E-state index in [-0.39, 0.29) is 29.6 Å². The smallest absolute Gasteiger partial charge is 0.257 e. The van der Waals surface area contributed by atoms with Gasteiger partial charge in [-0.15, -0.1) is 0 Å². The number of imide groups is 1. The quantitative estimate of drug-likeness (QED) is 0.459. The van der Waals surface area contributed by atoms with Crippen molar-refractivity contribution in [1.29, 1.82) is 0 Å². The van der Waals surface area contributed by atoms with Crippen LogP contribution in [-0.2, 0) is 20.9 Å². The summed E-state index contributed by atoms with van der Waals surface area (Å²) in [6, 6.07) is 15.1. The largest absolute Gasteiger partial charge is 0.325 e. The summed E-state index contributed by atoms with van der Waals surface area (Å²) in [5.74, 6) is 1.88. The average Bonchev–Trinajstić information content (AvgIpc) is 3.16. The molecule has 4 saturated carbocycles. The maximum absolute atomic E-state index is 14.5. The monoisotopic (exact) mass is 498 g/mol. The van der Waals surface area contributed by atoms with Gasteiger partial charge in [0, 0.05) is 6.54 Å². The standard InChI is InChI=1S/C32H38N2O3/c1-20(2)26-8-10-27(11-9-26)34-29(35)15-28(30(34)36)33(19-22-6-4-21(3)5-7-22)31(37)32-16-23-12-24(17-32)14-25(13-23)18-32/h4-11,20,23-25,28H,12-19H2,1-3H3. The number of rotatable bonds is 6. The topological polar surface area (TPSA) is 57.7 Å². The van der Waals surface area contributed by atoms with Crippen LogP contribution in [-0.4, -0.2) is 28.7 Å². The fourth-order valence-corrected chi connectivity index (χ4v) is 8.03. The Balaban J connectivity index is 1.32. The van der Waals surface area contributed by atoms with Gasteiger partial charge in [-0.05, 0) is 92.4 Å². The van der Waals surface area contributed by atoms with Gasteiger partial charge in [-0.2, -0.15) is 0 Å². The van der Waals surface area contributed by atoms with Crippen LogP contribution in [0.25, 0.3) is 0 Å². The van der Waals surface area contributed by atoms with E-state index in [0.29, 0.717) is 35.9 Å². The van der Waals surface area contributed by atoms with E-state index in [1.54, 1.807) is 4.90 Å².